The molecule has 0 aromatic heterocycles. The van der Waals surface area contributed by atoms with E-state index >= 15 is 0 Å². The molecule has 7 heteroatoms. The molecule has 2 heterocycles. The fourth-order valence-corrected chi connectivity index (χ4v) is 4.74. The molecule has 34 heavy (non-hydrogen) atoms. The Morgan fingerprint density at radius 1 is 1.09 bits per heavy atom. The number of halogens is 1. The molecule has 2 aromatic carbocycles. The van der Waals surface area contributed by atoms with E-state index in [0.717, 1.165) is 31.5 Å². The summed E-state index contributed by atoms with van der Waals surface area (Å²) in [4.78, 5) is 42.3. The maximum absolute atomic E-state index is 13.5. The number of likely N-dealkylation sites (tertiary alicyclic amines) is 1. The lowest BCUT2D eigenvalue weighted by molar-refractivity contribution is -0.140. The third kappa shape index (κ3) is 4.88. The highest BCUT2D eigenvalue weighted by Crippen LogP contribution is 2.37. The lowest BCUT2D eigenvalue weighted by Crippen LogP contribution is -2.38. The lowest BCUT2D eigenvalue weighted by Gasteiger charge is -2.34. The van der Waals surface area contributed by atoms with Crippen molar-refractivity contribution in [1.29, 1.82) is 0 Å². The van der Waals surface area contributed by atoms with Crippen molar-refractivity contribution < 1.29 is 23.5 Å². The first-order valence-corrected chi connectivity index (χ1v) is 11.7. The quantitative estimate of drug-likeness (QED) is 0.594. The van der Waals surface area contributed by atoms with Crippen LogP contribution in [0.3, 0.4) is 0 Å². The molecular formula is C27H29FN2O4. The molecule has 4 rings (SSSR count). The predicted molar refractivity (Wildman–Crippen MR) is 125 cm³/mol. The highest BCUT2D eigenvalue weighted by atomic mass is 19.1. The Labute approximate surface area is 199 Å². The van der Waals surface area contributed by atoms with Gasteiger partial charge in [-0.2, -0.15) is 0 Å². The van der Waals surface area contributed by atoms with Crippen LogP contribution in [0.1, 0.15) is 60.5 Å². The number of hydrogen-bond acceptors (Lipinski definition) is 4. The summed E-state index contributed by atoms with van der Waals surface area (Å²) in [6, 6.07) is 13.2. The number of hydrogen-bond donors (Lipinski definition) is 0. The maximum atomic E-state index is 13.5. The monoisotopic (exact) mass is 464 g/mol. The highest BCUT2D eigenvalue weighted by Gasteiger charge is 2.37. The minimum Gasteiger partial charge on any atom is -0.463 e. The summed E-state index contributed by atoms with van der Waals surface area (Å²) in [6.07, 6.45) is 2.11. The summed E-state index contributed by atoms with van der Waals surface area (Å²) in [5, 5.41) is 0. The van der Waals surface area contributed by atoms with Crippen molar-refractivity contribution in [1.82, 2.24) is 9.80 Å². The number of rotatable bonds is 6. The van der Waals surface area contributed by atoms with Crippen LogP contribution in [0.25, 0.3) is 0 Å². The Hall–Kier alpha value is -3.48. The van der Waals surface area contributed by atoms with E-state index in [0.29, 0.717) is 22.4 Å². The first kappa shape index (κ1) is 23.7. The zero-order chi connectivity index (χ0) is 24.2. The van der Waals surface area contributed by atoms with Gasteiger partial charge >= 0.3 is 5.97 Å². The smallest absolute Gasteiger partial charge is 0.336 e. The number of ether oxygens (including phenoxy) is 1. The number of carbonyl (C=O) groups is 3. The first-order valence-electron chi connectivity index (χ1n) is 11.7. The first-order chi connectivity index (χ1) is 16.4. The summed E-state index contributed by atoms with van der Waals surface area (Å²) in [7, 11) is 0. The molecule has 0 saturated carbocycles. The summed E-state index contributed by atoms with van der Waals surface area (Å²) in [5.74, 6) is -1.51. The fourth-order valence-electron chi connectivity index (χ4n) is 4.74. The maximum Gasteiger partial charge on any atom is 0.336 e. The summed E-state index contributed by atoms with van der Waals surface area (Å²) in [5.41, 5.74) is 3.01. The van der Waals surface area contributed by atoms with Crippen LogP contribution < -0.4 is 0 Å². The molecule has 1 unspecified atom stereocenters. The molecule has 0 N–H and O–H groups in total. The van der Waals surface area contributed by atoms with Gasteiger partial charge in [0.25, 0.3) is 5.91 Å². The zero-order valence-corrected chi connectivity index (χ0v) is 19.6. The predicted octanol–water partition coefficient (Wildman–Crippen LogP) is 4.41. The number of nitrogens with zero attached hydrogens (tertiary/aromatic N) is 2. The minimum atomic E-state index is -0.508. The SMILES string of the molecule is CCOC(=O)C1=C(C)N(Cc2cccc(C(=O)N3CCCC3)c2)C(=O)CC1c1ccc(F)cc1. The van der Waals surface area contributed by atoms with Gasteiger partial charge in [-0.05, 0) is 62.1 Å². The van der Waals surface area contributed by atoms with Crippen molar-refractivity contribution in [2.75, 3.05) is 19.7 Å². The summed E-state index contributed by atoms with van der Waals surface area (Å²) >= 11 is 0. The third-order valence-corrected chi connectivity index (χ3v) is 6.50. The van der Waals surface area contributed by atoms with Gasteiger partial charge in [-0.25, -0.2) is 9.18 Å². The minimum absolute atomic E-state index is 0.000158. The van der Waals surface area contributed by atoms with Crippen LogP contribution in [0.5, 0.6) is 0 Å². The molecule has 1 saturated heterocycles. The molecule has 0 radical (unpaired) electrons. The molecule has 2 amide bonds. The summed E-state index contributed by atoms with van der Waals surface area (Å²) < 4.78 is 18.8. The fraction of sp³-hybridized carbons (Fsp3) is 0.370. The molecule has 6 nitrogen and oxygen atoms in total. The normalized spacial score (nSPS) is 18.4. The molecule has 0 aliphatic carbocycles. The van der Waals surface area contributed by atoms with Crippen LogP contribution in [0.15, 0.2) is 59.8 Å². The van der Waals surface area contributed by atoms with E-state index in [2.05, 4.69) is 0 Å². The molecule has 0 spiro atoms. The van der Waals surface area contributed by atoms with E-state index in [9.17, 15) is 18.8 Å². The van der Waals surface area contributed by atoms with Crippen LogP contribution in [-0.4, -0.2) is 47.3 Å². The van der Waals surface area contributed by atoms with E-state index in [-0.39, 0.29) is 37.2 Å². The van der Waals surface area contributed by atoms with E-state index in [1.807, 2.05) is 23.1 Å². The van der Waals surface area contributed by atoms with Gasteiger partial charge in [-0.3, -0.25) is 9.59 Å². The van der Waals surface area contributed by atoms with Gasteiger partial charge in [0, 0.05) is 36.7 Å². The number of esters is 1. The standard InChI is InChI=1S/C27H29FN2O4/c1-3-34-27(33)25-18(2)30(24(31)16-23(25)20-9-11-22(28)12-10-20)17-19-7-6-8-21(15-19)26(32)29-13-4-5-14-29/h6-12,15,23H,3-5,13-14,16-17H2,1-2H3. The molecular weight excluding hydrogens is 435 g/mol. The molecule has 2 aromatic rings. The van der Waals surface area contributed by atoms with Crippen LogP contribution in [0.2, 0.25) is 0 Å². The molecule has 1 fully saturated rings. The molecule has 0 bridgehead atoms. The number of allylic oxidation sites excluding steroid dienone is 1. The third-order valence-electron chi connectivity index (χ3n) is 6.50. The van der Waals surface area contributed by atoms with Crippen LogP contribution in [-0.2, 0) is 20.9 Å². The number of amides is 2. The van der Waals surface area contributed by atoms with Gasteiger partial charge in [-0.15, -0.1) is 0 Å². The van der Waals surface area contributed by atoms with Gasteiger partial charge in [0.1, 0.15) is 5.82 Å². The number of carbonyl (C=O) groups excluding carboxylic acids is 3. The largest absolute Gasteiger partial charge is 0.463 e. The second-order valence-corrected chi connectivity index (χ2v) is 8.71. The zero-order valence-electron chi connectivity index (χ0n) is 19.6. The van der Waals surface area contributed by atoms with Gasteiger partial charge in [0.05, 0.1) is 18.7 Å². The van der Waals surface area contributed by atoms with Gasteiger partial charge in [-0.1, -0.05) is 24.3 Å². The average Bonchev–Trinajstić information content (AvgIpc) is 3.37. The van der Waals surface area contributed by atoms with Crippen LogP contribution >= 0.6 is 0 Å². The Balaban J connectivity index is 1.64. The highest BCUT2D eigenvalue weighted by molar-refractivity contribution is 5.96. The van der Waals surface area contributed by atoms with E-state index in [4.69, 9.17) is 4.74 Å². The van der Waals surface area contributed by atoms with Crippen LogP contribution in [0, 0.1) is 5.82 Å². The number of benzene rings is 2. The van der Waals surface area contributed by atoms with Crippen molar-refractivity contribution in [3.8, 4) is 0 Å². The lowest BCUT2D eigenvalue weighted by atomic mass is 9.83. The molecule has 178 valence electrons. The molecule has 2 aliphatic heterocycles. The average molecular weight is 465 g/mol. The van der Waals surface area contributed by atoms with Crippen molar-refractivity contribution in [2.24, 2.45) is 0 Å². The Morgan fingerprint density at radius 3 is 2.47 bits per heavy atom. The van der Waals surface area contributed by atoms with Gasteiger partial charge < -0.3 is 14.5 Å². The van der Waals surface area contributed by atoms with E-state index in [1.165, 1.54) is 12.1 Å². The van der Waals surface area contributed by atoms with Crippen molar-refractivity contribution in [2.45, 2.75) is 45.6 Å². The van der Waals surface area contributed by atoms with E-state index in [1.54, 1.807) is 36.9 Å². The second-order valence-electron chi connectivity index (χ2n) is 8.71. The van der Waals surface area contributed by atoms with Crippen molar-refractivity contribution in [3.63, 3.8) is 0 Å². The summed E-state index contributed by atoms with van der Waals surface area (Å²) in [6.45, 7) is 5.45. The van der Waals surface area contributed by atoms with Crippen molar-refractivity contribution in [3.05, 3.63) is 82.3 Å². The van der Waals surface area contributed by atoms with E-state index < -0.39 is 11.9 Å². The molecule has 2 aliphatic rings. The Bertz CT molecular complexity index is 1120. The topological polar surface area (TPSA) is 66.9 Å². The second kappa shape index (κ2) is 10.2. The van der Waals surface area contributed by atoms with Gasteiger partial charge in [0.2, 0.25) is 5.91 Å². The van der Waals surface area contributed by atoms with Crippen molar-refractivity contribution >= 4 is 17.8 Å². The van der Waals surface area contributed by atoms with Gasteiger partial charge in [0.15, 0.2) is 0 Å². The Morgan fingerprint density at radius 2 is 1.79 bits per heavy atom. The van der Waals surface area contributed by atoms with Crippen LogP contribution in [0.4, 0.5) is 4.39 Å². The Kier molecular flexibility index (Phi) is 7.10. The molecule has 1 atom stereocenters.